The van der Waals surface area contributed by atoms with Crippen molar-refractivity contribution in [3.05, 3.63) is 48.5 Å². The zero-order valence-electron chi connectivity index (χ0n) is 27.2. The van der Waals surface area contributed by atoms with Crippen LogP contribution in [-0.4, -0.2) is 48.8 Å². The van der Waals surface area contributed by atoms with Crippen LogP contribution in [-0.2, 0) is 13.6 Å². The Morgan fingerprint density at radius 3 is 0.816 bits per heavy atom. The number of anilines is 2. The van der Waals surface area contributed by atoms with Crippen LogP contribution in [0.3, 0.4) is 0 Å². The smallest absolute Gasteiger partial charge is 0.147 e. The van der Waals surface area contributed by atoms with Crippen LogP contribution in [0.5, 0.6) is 0 Å². The van der Waals surface area contributed by atoms with Crippen LogP contribution in [0.2, 0.25) is 0 Å². The van der Waals surface area contributed by atoms with Gasteiger partial charge in [0.1, 0.15) is 0 Å². The van der Waals surface area contributed by atoms with Gasteiger partial charge in [0.15, 0.2) is 0 Å². The summed E-state index contributed by atoms with van der Waals surface area (Å²) in [5, 5.41) is 3.86. The van der Waals surface area contributed by atoms with E-state index in [9.17, 15) is 0 Å². The molecule has 0 aliphatic heterocycles. The third-order valence-electron chi connectivity index (χ3n) is 7.71. The number of hydrogen-bond acceptors (Lipinski definition) is 2. The van der Waals surface area contributed by atoms with Crippen molar-refractivity contribution in [2.24, 2.45) is 0 Å². The molecule has 2 aromatic rings. The molecule has 0 N–H and O–H groups in total. The molecular formula is C32H59ClN2NiP2. The molecule has 0 aliphatic carbocycles. The van der Waals surface area contributed by atoms with Gasteiger partial charge in [-0.15, -0.1) is 12.4 Å². The zero-order chi connectivity index (χ0) is 28.8. The Hall–Kier alpha value is -0.316. The Morgan fingerprint density at radius 1 is 0.447 bits per heavy atom. The van der Waals surface area contributed by atoms with Gasteiger partial charge in [-0.1, -0.05) is 0 Å². The second kappa shape index (κ2) is 11.9. The van der Waals surface area contributed by atoms with Crippen LogP contribution >= 0.6 is 24.5 Å². The van der Waals surface area contributed by atoms with E-state index in [0.29, 0.717) is 0 Å². The average molecular weight is 628 g/mol. The standard InChI is InChI=1S/2C16H28NP.ClH.Ni/c2*1-15(2,3)18(16(4,5)6)14-11-9-13(10-12-14)17(7)8;;/h2*9-12H,1-8H3;1H;/q;;;-2/p+2. The topological polar surface area (TPSA) is 6.48 Å². The second-order valence-corrected chi connectivity index (χ2v) is 32.1. The van der Waals surface area contributed by atoms with Crippen LogP contribution in [0.4, 0.5) is 11.4 Å². The largest absolute Gasteiger partial charge is 0.147 e. The summed E-state index contributed by atoms with van der Waals surface area (Å²) < 4.78 is 0. The molecule has 0 fully saturated rings. The molecule has 0 aromatic heterocycles. The van der Waals surface area contributed by atoms with E-state index in [1.807, 2.05) is 0 Å². The van der Waals surface area contributed by atoms with Crippen LogP contribution in [0, 0.1) is 0 Å². The molecule has 0 radical (unpaired) electrons. The summed E-state index contributed by atoms with van der Waals surface area (Å²) in [5.74, 6) is 0. The van der Waals surface area contributed by atoms with Gasteiger partial charge in [0, 0.05) is 0 Å². The minimum absolute atomic E-state index is 0. The van der Waals surface area contributed by atoms with Crippen molar-refractivity contribution in [2.45, 2.75) is 104 Å². The van der Waals surface area contributed by atoms with Crippen LogP contribution < -0.4 is 20.4 Å². The summed E-state index contributed by atoms with van der Waals surface area (Å²) in [5.41, 5.74) is 2.55. The van der Waals surface area contributed by atoms with Gasteiger partial charge in [0.05, 0.1) is 0 Å². The fraction of sp³-hybridized carbons (Fsp3) is 0.625. The minimum Gasteiger partial charge on any atom is -0.147 e. The zero-order valence-corrected chi connectivity index (χ0v) is 31.0. The first-order chi connectivity index (χ1) is 16.5. The van der Waals surface area contributed by atoms with Gasteiger partial charge in [0.2, 0.25) is 0 Å². The van der Waals surface area contributed by atoms with Gasteiger partial charge in [-0.05, 0) is 0 Å². The van der Waals surface area contributed by atoms with Crippen molar-refractivity contribution in [1.29, 1.82) is 0 Å². The summed E-state index contributed by atoms with van der Waals surface area (Å²) in [6, 6.07) is 14.9. The Bertz CT molecular complexity index is 922. The van der Waals surface area contributed by atoms with Gasteiger partial charge in [0.25, 0.3) is 0 Å². The second-order valence-electron chi connectivity index (χ2n) is 15.2. The molecule has 6 heteroatoms. The fourth-order valence-corrected chi connectivity index (χ4v) is 43.7. The molecule has 0 saturated carbocycles. The molecule has 0 spiro atoms. The van der Waals surface area contributed by atoms with Crippen molar-refractivity contribution in [1.82, 2.24) is 0 Å². The third-order valence-corrected chi connectivity index (χ3v) is 37.0. The van der Waals surface area contributed by atoms with E-state index in [0.717, 1.165) is 0 Å². The van der Waals surface area contributed by atoms with Crippen molar-refractivity contribution in [3.8, 4) is 0 Å². The molecule has 0 unspecified atom stereocenters. The molecule has 2 nitrogen and oxygen atoms in total. The van der Waals surface area contributed by atoms with E-state index in [1.165, 1.54) is 11.4 Å². The Balaban J connectivity index is 0.00000722. The Morgan fingerprint density at radius 2 is 0.658 bits per heavy atom. The molecule has 0 saturated heterocycles. The van der Waals surface area contributed by atoms with E-state index in [2.05, 4.69) is 183 Å². The SMILES string of the molecule is CN(C)c1ccc([PH]([Ni][PH](c2ccc(N(C)C)cc2)(C(C)(C)C)C(C)(C)C)(C(C)(C)C)C(C)(C)C)cc1.Cl. The summed E-state index contributed by atoms with van der Waals surface area (Å²) in [6.45, 7) is 30.4. The predicted octanol–water partition coefficient (Wildman–Crippen LogP) is 8.80. The Kier molecular flexibility index (Phi) is 11.2. The average Bonchev–Trinajstić information content (AvgIpc) is 2.71. The van der Waals surface area contributed by atoms with Crippen molar-refractivity contribution < 1.29 is 13.6 Å². The van der Waals surface area contributed by atoms with Gasteiger partial charge in [-0.25, -0.2) is 0 Å². The molecule has 224 valence electrons. The first-order valence-electron chi connectivity index (χ1n) is 13.7. The maximum absolute atomic E-state index is 2.53. The first-order valence-corrected chi connectivity index (χ1v) is 20.3. The summed E-state index contributed by atoms with van der Waals surface area (Å²) in [7, 11) is 8.55. The van der Waals surface area contributed by atoms with Gasteiger partial charge in [-0.3, -0.25) is 0 Å². The van der Waals surface area contributed by atoms with Crippen LogP contribution in [0.15, 0.2) is 48.5 Å². The van der Waals surface area contributed by atoms with Gasteiger partial charge < -0.3 is 0 Å². The maximum atomic E-state index is 2.53. The van der Waals surface area contributed by atoms with Gasteiger partial charge >= 0.3 is 238 Å². The van der Waals surface area contributed by atoms with Crippen molar-refractivity contribution >= 4 is 46.5 Å². The number of rotatable bonds is 6. The minimum atomic E-state index is -2.24. The summed E-state index contributed by atoms with van der Waals surface area (Å²) in [6.07, 6.45) is 0. The molecule has 0 aliphatic rings. The first kappa shape index (κ1) is 35.7. The van der Waals surface area contributed by atoms with E-state index >= 15 is 0 Å². The predicted molar refractivity (Wildman–Crippen MR) is 184 cm³/mol. The van der Waals surface area contributed by atoms with E-state index in [1.54, 1.807) is 10.6 Å². The number of nitrogens with zero attached hydrogens (tertiary/aromatic N) is 2. The molecule has 38 heavy (non-hydrogen) atoms. The summed E-state index contributed by atoms with van der Waals surface area (Å²) in [4.78, 5) is 4.43. The molecular weight excluding hydrogens is 568 g/mol. The number of halogens is 1. The van der Waals surface area contributed by atoms with Gasteiger partial charge in [-0.2, -0.15) is 0 Å². The van der Waals surface area contributed by atoms with E-state index in [4.69, 9.17) is 0 Å². The monoisotopic (exact) mass is 626 g/mol. The van der Waals surface area contributed by atoms with Crippen LogP contribution in [0.25, 0.3) is 0 Å². The normalized spacial score (nSPS) is 14.6. The number of benzene rings is 2. The van der Waals surface area contributed by atoms with Crippen molar-refractivity contribution in [3.63, 3.8) is 0 Å². The third kappa shape index (κ3) is 6.43. The maximum Gasteiger partial charge on any atom is -0.147 e. The van der Waals surface area contributed by atoms with E-state index < -0.39 is 12.1 Å². The molecule has 2 aromatic carbocycles. The fourth-order valence-electron chi connectivity index (χ4n) is 6.68. The van der Waals surface area contributed by atoms with E-state index in [-0.39, 0.29) is 33.0 Å². The van der Waals surface area contributed by atoms with Crippen molar-refractivity contribution in [2.75, 3.05) is 38.0 Å². The van der Waals surface area contributed by atoms with Crippen LogP contribution in [0.1, 0.15) is 83.1 Å². The quantitative estimate of drug-likeness (QED) is 0.233. The Labute approximate surface area is 249 Å². The molecule has 0 amide bonds. The number of hydrogen-bond donors (Lipinski definition) is 0. The summed E-state index contributed by atoms with van der Waals surface area (Å²) >= 11 is 2.21. The molecule has 0 heterocycles. The molecule has 0 atom stereocenters. The molecule has 2 rings (SSSR count). The molecule has 0 bridgehead atoms.